The predicted molar refractivity (Wildman–Crippen MR) is 69.8 cm³/mol. The van der Waals surface area contributed by atoms with Gasteiger partial charge in [-0.3, -0.25) is 4.79 Å². The topological polar surface area (TPSA) is 58.9 Å². The fraction of sp³-hybridized carbons (Fsp3) is 0.357. The summed E-state index contributed by atoms with van der Waals surface area (Å²) in [5.74, 6) is -0.260. The van der Waals surface area contributed by atoms with Crippen molar-refractivity contribution < 1.29 is 4.79 Å². The lowest BCUT2D eigenvalue weighted by Crippen LogP contribution is -2.38. The number of primary amides is 1. The van der Waals surface area contributed by atoms with Crippen LogP contribution in [0.4, 0.5) is 0 Å². The van der Waals surface area contributed by atoms with Crippen LogP contribution >= 0.6 is 0 Å². The second-order valence-electron chi connectivity index (χ2n) is 4.69. The molecule has 0 fully saturated rings. The number of carbonyl (C=O) groups excluding carboxylic acids is 1. The Bertz CT molecular complexity index is 544. The second-order valence-corrected chi connectivity index (χ2v) is 4.69. The SMILES string of the molecule is CCCC(C)(C(N)=O)c1c[nH]c2ccccc12. The third-order valence-corrected chi connectivity index (χ3v) is 3.48. The van der Waals surface area contributed by atoms with Crippen LogP contribution in [-0.4, -0.2) is 10.9 Å². The van der Waals surface area contributed by atoms with E-state index >= 15 is 0 Å². The minimum absolute atomic E-state index is 0.260. The van der Waals surface area contributed by atoms with Crippen LogP contribution in [0.2, 0.25) is 0 Å². The van der Waals surface area contributed by atoms with E-state index in [1.807, 2.05) is 37.4 Å². The van der Waals surface area contributed by atoms with Gasteiger partial charge in [-0.1, -0.05) is 31.5 Å². The largest absolute Gasteiger partial charge is 0.369 e. The van der Waals surface area contributed by atoms with Gasteiger partial charge in [0.25, 0.3) is 0 Å². The molecular formula is C14H18N2O. The molecule has 2 rings (SSSR count). The van der Waals surface area contributed by atoms with Gasteiger partial charge in [0.15, 0.2) is 0 Å². The van der Waals surface area contributed by atoms with E-state index in [1.165, 1.54) is 0 Å². The number of carbonyl (C=O) groups is 1. The van der Waals surface area contributed by atoms with Gasteiger partial charge in [-0.05, 0) is 25.0 Å². The van der Waals surface area contributed by atoms with Crippen LogP contribution in [0.15, 0.2) is 30.5 Å². The molecule has 1 atom stereocenters. The van der Waals surface area contributed by atoms with E-state index in [2.05, 4.69) is 11.9 Å². The number of nitrogens with two attached hydrogens (primary N) is 1. The molecule has 0 saturated carbocycles. The zero-order valence-electron chi connectivity index (χ0n) is 10.3. The van der Waals surface area contributed by atoms with Crippen LogP contribution in [-0.2, 0) is 10.2 Å². The number of para-hydroxylation sites is 1. The van der Waals surface area contributed by atoms with Crippen molar-refractivity contribution in [1.82, 2.24) is 4.98 Å². The number of rotatable bonds is 4. The van der Waals surface area contributed by atoms with Crippen molar-refractivity contribution in [3.05, 3.63) is 36.0 Å². The van der Waals surface area contributed by atoms with E-state index < -0.39 is 5.41 Å². The van der Waals surface area contributed by atoms with Gasteiger partial charge in [-0.25, -0.2) is 0 Å². The molecule has 0 spiro atoms. The highest BCUT2D eigenvalue weighted by Gasteiger charge is 2.34. The van der Waals surface area contributed by atoms with Crippen LogP contribution in [0.3, 0.4) is 0 Å². The van der Waals surface area contributed by atoms with Crippen LogP contribution in [0.5, 0.6) is 0 Å². The number of H-pyrrole nitrogens is 1. The molecule has 1 aromatic carbocycles. The van der Waals surface area contributed by atoms with Crippen molar-refractivity contribution in [1.29, 1.82) is 0 Å². The van der Waals surface area contributed by atoms with E-state index in [-0.39, 0.29) is 5.91 Å². The first-order valence-corrected chi connectivity index (χ1v) is 5.96. The Labute approximate surface area is 101 Å². The quantitative estimate of drug-likeness (QED) is 0.833. The van der Waals surface area contributed by atoms with E-state index in [0.717, 1.165) is 29.3 Å². The first-order chi connectivity index (χ1) is 8.09. The van der Waals surface area contributed by atoms with Crippen molar-refractivity contribution in [2.45, 2.75) is 32.1 Å². The monoisotopic (exact) mass is 230 g/mol. The van der Waals surface area contributed by atoms with Gasteiger partial charge in [0.1, 0.15) is 0 Å². The summed E-state index contributed by atoms with van der Waals surface area (Å²) in [7, 11) is 0. The molecule has 3 N–H and O–H groups in total. The minimum atomic E-state index is -0.589. The van der Waals surface area contributed by atoms with Crippen LogP contribution in [0, 0.1) is 0 Å². The molecule has 0 aliphatic rings. The van der Waals surface area contributed by atoms with Crippen molar-refractivity contribution in [2.75, 3.05) is 0 Å². The number of benzene rings is 1. The maximum Gasteiger partial charge on any atom is 0.227 e. The summed E-state index contributed by atoms with van der Waals surface area (Å²) in [5.41, 5.74) is 7.05. The maximum absolute atomic E-state index is 11.8. The molecule has 3 nitrogen and oxygen atoms in total. The number of aromatic nitrogens is 1. The zero-order valence-corrected chi connectivity index (χ0v) is 10.3. The van der Waals surface area contributed by atoms with Crippen molar-refractivity contribution >= 4 is 16.8 Å². The summed E-state index contributed by atoms with van der Waals surface area (Å²) in [5, 5.41) is 1.09. The van der Waals surface area contributed by atoms with E-state index in [9.17, 15) is 4.79 Å². The molecule has 0 radical (unpaired) electrons. The Morgan fingerprint density at radius 1 is 1.41 bits per heavy atom. The normalized spacial score (nSPS) is 14.7. The third kappa shape index (κ3) is 1.82. The van der Waals surface area contributed by atoms with E-state index in [1.54, 1.807) is 0 Å². The number of hydrogen-bond donors (Lipinski definition) is 2. The molecule has 1 heterocycles. The van der Waals surface area contributed by atoms with Crippen molar-refractivity contribution in [3.8, 4) is 0 Å². The summed E-state index contributed by atoms with van der Waals surface area (Å²) in [6.45, 7) is 3.99. The highest BCUT2D eigenvalue weighted by molar-refractivity contribution is 5.94. The fourth-order valence-electron chi connectivity index (χ4n) is 2.42. The number of amides is 1. The lowest BCUT2D eigenvalue weighted by Gasteiger charge is -2.25. The van der Waals surface area contributed by atoms with Gasteiger partial charge in [-0.15, -0.1) is 0 Å². The van der Waals surface area contributed by atoms with Gasteiger partial charge in [0, 0.05) is 17.1 Å². The van der Waals surface area contributed by atoms with Gasteiger partial charge in [0.05, 0.1) is 5.41 Å². The third-order valence-electron chi connectivity index (χ3n) is 3.48. The van der Waals surface area contributed by atoms with Crippen LogP contribution in [0.25, 0.3) is 10.9 Å². The number of fused-ring (bicyclic) bond motifs is 1. The minimum Gasteiger partial charge on any atom is -0.369 e. The summed E-state index contributed by atoms with van der Waals surface area (Å²) in [6, 6.07) is 7.99. The molecule has 0 bridgehead atoms. The second kappa shape index (κ2) is 4.24. The van der Waals surface area contributed by atoms with Gasteiger partial charge in [-0.2, -0.15) is 0 Å². The molecule has 0 aliphatic heterocycles. The Balaban J connectivity index is 2.60. The zero-order chi connectivity index (χ0) is 12.5. The smallest absolute Gasteiger partial charge is 0.227 e. The lowest BCUT2D eigenvalue weighted by molar-refractivity contribution is -0.123. The standard InChI is InChI=1S/C14H18N2O/c1-3-8-14(2,13(15)17)11-9-16-12-7-5-4-6-10(11)12/h4-7,9,16H,3,8H2,1-2H3,(H2,15,17). The highest BCUT2D eigenvalue weighted by Crippen LogP contribution is 2.34. The summed E-state index contributed by atoms with van der Waals surface area (Å²) in [6.07, 6.45) is 3.61. The molecule has 0 aliphatic carbocycles. The summed E-state index contributed by atoms with van der Waals surface area (Å²) < 4.78 is 0. The predicted octanol–water partition coefficient (Wildman–Crippen LogP) is 2.71. The van der Waals surface area contributed by atoms with Gasteiger partial charge in [0.2, 0.25) is 5.91 Å². The first-order valence-electron chi connectivity index (χ1n) is 5.96. The number of nitrogens with one attached hydrogen (secondary N) is 1. The molecule has 0 saturated heterocycles. The van der Waals surface area contributed by atoms with Gasteiger partial charge >= 0.3 is 0 Å². The molecule has 1 unspecified atom stereocenters. The first kappa shape index (κ1) is 11.7. The van der Waals surface area contributed by atoms with Crippen molar-refractivity contribution in [3.63, 3.8) is 0 Å². The Morgan fingerprint density at radius 2 is 2.12 bits per heavy atom. The molecule has 90 valence electrons. The van der Waals surface area contributed by atoms with Crippen molar-refractivity contribution in [2.24, 2.45) is 5.73 Å². The summed E-state index contributed by atoms with van der Waals surface area (Å²) >= 11 is 0. The Hall–Kier alpha value is -1.77. The Kier molecular flexibility index (Phi) is 2.92. The molecule has 1 aromatic heterocycles. The van der Waals surface area contributed by atoms with Gasteiger partial charge < -0.3 is 10.7 Å². The molecule has 3 heteroatoms. The molecular weight excluding hydrogens is 212 g/mol. The van der Waals surface area contributed by atoms with Crippen LogP contribution in [0.1, 0.15) is 32.3 Å². The lowest BCUT2D eigenvalue weighted by atomic mass is 9.78. The van der Waals surface area contributed by atoms with E-state index in [0.29, 0.717) is 0 Å². The molecule has 1 amide bonds. The maximum atomic E-state index is 11.8. The average molecular weight is 230 g/mol. The van der Waals surface area contributed by atoms with Crippen LogP contribution < -0.4 is 5.73 Å². The Morgan fingerprint density at radius 3 is 2.76 bits per heavy atom. The highest BCUT2D eigenvalue weighted by atomic mass is 16.1. The number of hydrogen-bond acceptors (Lipinski definition) is 1. The van der Waals surface area contributed by atoms with E-state index in [4.69, 9.17) is 5.73 Å². The number of aromatic amines is 1. The fourth-order valence-corrected chi connectivity index (χ4v) is 2.42. The average Bonchev–Trinajstić information content (AvgIpc) is 2.73. The molecule has 2 aromatic rings. The summed E-state index contributed by atoms with van der Waals surface area (Å²) in [4.78, 5) is 15.0. The molecule has 17 heavy (non-hydrogen) atoms.